The number of aliphatic hydroxyl groups is 1. The van der Waals surface area contributed by atoms with Gasteiger partial charge < -0.3 is 9.84 Å². The molecule has 0 bridgehead atoms. The van der Waals surface area contributed by atoms with Crippen molar-refractivity contribution >= 4 is 11.3 Å². The minimum atomic E-state index is -0.335. The Kier molecular flexibility index (Phi) is 3.78. The zero-order chi connectivity index (χ0) is 10.7. The smallest absolute Gasteiger partial charge is 0.0906 e. The molecule has 84 valence electrons. The van der Waals surface area contributed by atoms with Gasteiger partial charge in [-0.3, -0.25) is 0 Å². The first kappa shape index (κ1) is 11.1. The highest BCUT2D eigenvalue weighted by atomic mass is 32.1. The molecule has 3 heteroatoms. The van der Waals surface area contributed by atoms with Crippen LogP contribution in [0.3, 0.4) is 0 Å². The van der Waals surface area contributed by atoms with E-state index in [9.17, 15) is 5.11 Å². The van der Waals surface area contributed by atoms with Crippen LogP contribution in [-0.4, -0.2) is 17.8 Å². The normalized spacial score (nSPS) is 23.2. The SMILES string of the molecule is CCc1ccc(C(O)CC2CCCO2)s1. The van der Waals surface area contributed by atoms with Crippen molar-refractivity contribution in [3.05, 3.63) is 21.9 Å². The van der Waals surface area contributed by atoms with E-state index in [1.807, 2.05) is 6.07 Å². The Hall–Kier alpha value is -0.380. The van der Waals surface area contributed by atoms with E-state index in [0.29, 0.717) is 0 Å². The fourth-order valence-electron chi connectivity index (χ4n) is 1.96. The van der Waals surface area contributed by atoms with Crippen molar-refractivity contribution in [3.8, 4) is 0 Å². The molecule has 0 aliphatic carbocycles. The summed E-state index contributed by atoms with van der Waals surface area (Å²) in [5.74, 6) is 0. The van der Waals surface area contributed by atoms with Crippen molar-refractivity contribution < 1.29 is 9.84 Å². The number of thiophene rings is 1. The van der Waals surface area contributed by atoms with Gasteiger partial charge in [0.05, 0.1) is 12.2 Å². The van der Waals surface area contributed by atoms with Crippen LogP contribution in [0.4, 0.5) is 0 Å². The molecular weight excluding hydrogens is 208 g/mol. The standard InChI is InChI=1S/C12H18O2S/c1-2-10-5-6-12(15-10)11(13)8-9-4-3-7-14-9/h5-6,9,11,13H,2-4,7-8H2,1H3. The molecule has 0 aromatic carbocycles. The van der Waals surface area contributed by atoms with Gasteiger partial charge in [-0.25, -0.2) is 0 Å². The third-order valence-corrected chi connectivity index (χ3v) is 4.20. The number of aliphatic hydroxyl groups excluding tert-OH is 1. The van der Waals surface area contributed by atoms with Crippen LogP contribution in [-0.2, 0) is 11.2 Å². The van der Waals surface area contributed by atoms with Gasteiger partial charge in [-0.05, 0) is 31.4 Å². The molecule has 1 aromatic heterocycles. The van der Waals surface area contributed by atoms with E-state index in [2.05, 4.69) is 13.0 Å². The molecular formula is C12H18O2S. The number of hydrogen-bond donors (Lipinski definition) is 1. The van der Waals surface area contributed by atoms with Gasteiger partial charge in [-0.1, -0.05) is 6.92 Å². The lowest BCUT2D eigenvalue weighted by atomic mass is 10.1. The highest BCUT2D eigenvalue weighted by Crippen LogP contribution is 2.29. The highest BCUT2D eigenvalue weighted by Gasteiger charge is 2.21. The summed E-state index contributed by atoms with van der Waals surface area (Å²) in [7, 11) is 0. The summed E-state index contributed by atoms with van der Waals surface area (Å²) >= 11 is 1.72. The maximum Gasteiger partial charge on any atom is 0.0906 e. The van der Waals surface area contributed by atoms with Crippen molar-refractivity contribution in [2.75, 3.05) is 6.61 Å². The lowest BCUT2D eigenvalue weighted by Crippen LogP contribution is -2.10. The van der Waals surface area contributed by atoms with Crippen LogP contribution in [0.15, 0.2) is 12.1 Å². The van der Waals surface area contributed by atoms with Gasteiger partial charge in [0.2, 0.25) is 0 Å². The van der Waals surface area contributed by atoms with E-state index in [1.54, 1.807) is 11.3 Å². The van der Waals surface area contributed by atoms with Gasteiger partial charge in [0.15, 0.2) is 0 Å². The Morgan fingerprint density at radius 2 is 2.47 bits per heavy atom. The summed E-state index contributed by atoms with van der Waals surface area (Å²) in [4.78, 5) is 2.43. The van der Waals surface area contributed by atoms with E-state index >= 15 is 0 Å². The third-order valence-electron chi connectivity index (χ3n) is 2.87. The van der Waals surface area contributed by atoms with Gasteiger partial charge in [0.1, 0.15) is 0 Å². The monoisotopic (exact) mass is 226 g/mol. The quantitative estimate of drug-likeness (QED) is 0.855. The molecule has 2 rings (SSSR count). The first-order valence-electron chi connectivity index (χ1n) is 5.68. The van der Waals surface area contributed by atoms with Crippen molar-refractivity contribution in [3.63, 3.8) is 0 Å². The topological polar surface area (TPSA) is 29.5 Å². The van der Waals surface area contributed by atoms with Crippen LogP contribution in [0.1, 0.15) is 42.0 Å². The molecule has 1 fully saturated rings. The van der Waals surface area contributed by atoms with E-state index in [1.165, 1.54) is 4.88 Å². The molecule has 1 saturated heterocycles. The van der Waals surface area contributed by atoms with E-state index in [-0.39, 0.29) is 12.2 Å². The fraction of sp³-hybridized carbons (Fsp3) is 0.667. The van der Waals surface area contributed by atoms with E-state index < -0.39 is 0 Å². The van der Waals surface area contributed by atoms with Crippen molar-refractivity contribution in [2.45, 2.75) is 44.8 Å². The van der Waals surface area contributed by atoms with Gasteiger partial charge in [-0.2, -0.15) is 0 Å². The van der Waals surface area contributed by atoms with Crippen LogP contribution in [0, 0.1) is 0 Å². The summed E-state index contributed by atoms with van der Waals surface area (Å²) in [5, 5.41) is 10.0. The molecule has 0 saturated carbocycles. The molecule has 2 atom stereocenters. The average molecular weight is 226 g/mol. The van der Waals surface area contributed by atoms with Crippen LogP contribution in [0.2, 0.25) is 0 Å². The molecule has 1 aliphatic rings. The summed E-state index contributed by atoms with van der Waals surface area (Å²) < 4.78 is 5.52. The second kappa shape index (κ2) is 5.10. The molecule has 0 spiro atoms. The Morgan fingerprint density at radius 1 is 1.60 bits per heavy atom. The van der Waals surface area contributed by atoms with Gasteiger partial charge >= 0.3 is 0 Å². The van der Waals surface area contributed by atoms with E-state index in [4.69, 9.17) is 4.74 Å². The average Bonchev–Trinajstić information content (AvgIpc) is 2.86. The minimum Gasteiger partial charge on any atom is -0.387 e. The Bertz CT molecular complexity index is 302. The number of hydrogen-bond acceptors (Lipinski definition) is 3. The van der Waals surface area contributed by atoms with Crippen LogP contribution in [0.25, 0.3) is 0 Å². The van der Waals surface area contributed by atoms with Gasteiger partial charge in [-0.15, -0.1) is 11.3 Å². The fourth-order valence-corrected chi connectivity index (χ4v) is 2.91. The van der Waals surface area contributed by atoms with E-state index in [0.717, 1.165) is 37.2 Å². The maximum absolute atomic E-state index is 10.0. The summed E-state index contributed by atoms with van der Waals surface area (Å²) in [5.41, 5.74) is 0. The molecule has 2 unspecified atom stereocenters. The van der Waals surface area contributed by atoms with Crippen LogP contribution < -0.4 is 0 Å². The number of aryl methyl sites for hydroxylation is 1. The molecule has 15 heavy (non-hydrogen) atoms. The number of rotatable bonds is 4. The van der Waals surface area contributed by atoms with Crippen LogP contribution in [0.5, 0.6) is 0 Å². The third kappa shape index (κ3) is 2.80. The molecule has 2 nitrogen and oxygen atoms in total. The zero-order valence-corrected chi connectivity index (χ0v) is 9.93. The predicted octanol–water partition coefficient (Wildman–Crippen LogP) is 2.91. The Morgan fingerprint density at radius 3 is 3.07 bits per heavy atom. The Balaban J connectivity index is 1.91. The minimum absolute atomic E-state index is 0.271. The largest absolute Gasteiger partial charge is 0.387 e. The Labute approximate surface area is 94.9 Å². The van der Waals surface area contributed by atoms with Gasteiger partial charge in [0, 0.05) is 22.8 Å². The highest BCUT2D eigenvalue weighted by molar-refractivity contribution is 7.12. The van der Waals surface area contributed by atoms with Gasteiger partial charge in [0.25, 0.3) is 0 Å². The van der Waals surface area contributed by atoms with Crippen molar-refractivity contribution in [1.82, 2.24) is 0 Å². The lowest BCUT2D eigenvalue weighted by Gasteiger charge is -2.13. The summed E-state index contributed by atoms with van der Waals surface area (Å²) in [6.07, 6.45) is 3.98. The molecule has 2 heterocycles. The molecule has 1 aromatic rings. The first-order chi connectivity index (χ1) is 7.29. The summed E-state index contributed by atoms with van der Waals surface area (Å²) in [6, 6.07) is 4.15. The van der Waals surface area contributed by atoms with Crippen LogP contribution >= 0.6 is 11.3 Å². The molecule has 0 amide bonds. The lowest BCUT2D eigenvalue weighted by molar-refractivity contribution is 0.0548. The molecule has 1 N–H and O–H groups in total. The second-order valence-corrected chi connectivity index (χ2v) is 5.24. The zero-order valence-electron chi connectivity index (χ0n) is 9.11. The molecule has 1 aliphatic heterocycles. The van der Waals surface area contributed by atoms with Crippen molar-refractivity contribution in [1.29, 1.82) is 0 Å². The molecule has 0 radical (unpaired) electrons. The summed E-state index contributed by atoms with van der Waals surface area (Å²) in [6.45, 7) is 3.00. The van der Waals surface area contributed by atoms with Crippen molar-refractivity contribution in [2.24, 2.45) is 0 Å². The maximum atomic E-state index is 10.0. The predicted molar refractivity (Wildman–Crippen MR) is 62.2 cm³/mol. The number of ether oxygens (including phenoxy) is 1. The first-order valence-corrected chi connectivity index (χ1v) is 6.49. The second-order valence-electron chi connectivity index (χ2n) is 4.04.